The fourth-order valence-corrected chi connectivity index (χ4v) is 3.18. The first-order chi connectivity index (χ1) is 15.0. The SMILES string of the molecule is CN(C)C(=O)Cn1ccc2cc(NC(=O)NCCOc3ccc4c(c3)OCO4)ccc21. The Labute approximate surface area is 179 Å². The zero-order valence-electron chi connectivity index (χ0n) is 17.4. The highest BCUT2D eigenvalue weighted by Crippen LogP contribution is 2.35. The van der Waals surface area contributed by atoms with Crippen LogP contribution >= 0.6 is 0 Å². The maximum atomic E-state index is 12.2. The number of anilines is 1. The fraction of sp³-hybridized carbons (Fsp3) is 0.273. The van der Waals surface area contributed by atoms with Crippen LogP contribution in [0.25, 0.3) is 10.9 Å². The summed E-state index contributed by atoms with van der Waals surface area (Å²) >= 11 is 0. The molecule has 0 fully saturated rings. The molecule has 0 unspecified atom stereocenters. The van der Waals surface area contributed by atoms with Gasteiger partial charge >= 0.3 is 6.03 Å². The molecule has 2 N–H and O–H groups in total. The van der Waals surface area contributed by atoms with Crippen LogP contribution in [0.3, 0.4) is 0 Å². The lowest BCUT2D eigenvalue weighted by molar-refractivity contribution is -0.129. The second-order valence-electron chi connectivity index (χ2n) is 7.25. The maximum absolute atomic E-state index is 12.2. The summed E-state index contributed by atoms with van der Waals surface area (Å²) in [5.74, 6) is 2.01. The van der Waals surface area contributed by atoms with E-state index in [0.717, 1.165) is 10.9 Å². The molecular formula is C22H24N4O5. The first kappa shape index (κ1) is 20.4. The second-order valence-corrected chi connectivity index (χ2v) is 7.25. The van der Waals surface area contributed by atoms with Crippen LogP contribution in [-0.4, -0.2) is 55.4 Å². The molecule has 0 aliphatic carbocycles. The fourth-order valence-electron chi connectivity index (χ4n) is 3.18. The highest BCUT2D eigenvalue weighted by molar-refractivity contribution is 5.93. The van der Waals surface area contributed by atoms with Crippen molar-refractivity contribution < 1.29 is 23.8 Å². The van der Waals surface area contributed by atoms with Gasteiger partial charge in [0.05, 0.1) is 6.54 Å². The highest BCUT2D eigenvalue weighted by Gasteiger charge is 2.14. The van der Waals surface area contributed by atoms with Crippen molar-refractivity contribution in [1.82, 2.24) is 14.8 Å². The third-order valence-electron chi connectivity index (χ3n) is 4.83. The van der Waals surface area contributed by atoms with Gasteiger partial charge in [0.15, 0.2) is 11.5 Å². The number of likely N-dealkylation sites (N-methyl/N-ethyl adjacent to an activating group) is 1. The number of nitrogens with one attached hydrogen (secondary N) is 2. The molecule has 0 atom stereocenters. The van der Waals surface area contributed by atoms with Gasteiger partial charge < -0.3 is 34.3 Å². The summed E-state index contributed by atoms with van der Waals surface area (Å²) in [4.78, 5) is 25.7. The molecule has 2 heterocycles. The average molecular weight is 424 g/mol. The Morgan fingerprint density at radius 3 is 2.77 bits per heavy atom. The summed E-state index contributed by atoms with van der Waals surface area (Å²) in [7, 11) is 3.46. The van der Waals surface area contributed by atoms with Gasteiger partial charge in [0.25, 0.3) is 0 Å². The summed E-state index contributed by atoms with van der Waals surface area (Å²) in [6.45, 7) is 1.14. The van der Waals surface area contributed by atoms with E-state index in [9.17, 15) is 9.59 Å². The van der Waals surface area contributed by atoms with Crippen molar-refractivity contribution in [3.63, 3.8) is 0 Å². The van der Waals surface area contributed by atoms with Gasteiger partial charge in [-0.05, 0) is 36.4 Å². The normalized spacial score (nSPS) is 11.9. The van der Waals surface area contributed by atoms with E-state index >= 15 is 0 Å². The van der Waals surface area contributed by atoms with Crippen LogP contribution in [0.15, 0.2) is 48.7 Å². The molecule has 4 rings (SSSR count). The first-order valence-corrected chi connectivity index (χ1v) is 9.86. The number of carbonyl (C=O) groups is 2. The standard InChI is InChI=1S/C22H24N4O5/c1-25(2)21(27)13-26-9-7-15-11-16(3-5-18(15)26)24-22(28)23-8-10-29-17-4-6-19-20(12-17)31-14-30-19/h3-7,9,11-12H,8,10,13-14H2,1-2H3,(H2,23,24,28). The van der Waals surface area contributed by atoms with Gasteiger partial charge in [-0.3, -0.25) is 4.79 Å². The number of urea groups is 1. The lowest BCUT2D eigenvalue weighted by atomic mass is 10.2. The topological polar surface area (TPSA) is 94.1 Å². The van der Waals surface area contributed by atoms with Gasteiger partial charge in [-0.1, -0.05) is 0 Å². The van der Waals surface area contributed by atoms with Gasteiger partial charge in [-0.15, -0.1) is 0 Å². The van der Waals surface area contributed by atoms with Crippen LogP contribution < -0.4 is 24.8 Å². The molecule has 1 aromatic heterocycles. The number of amides is 3. The lowest BCUT2D eigenvalue weighted by Crippen LogP contribution is -2.32. The number of hydrogen-bond donors (Lipinski definition) is 2. The predicted molar refractivity (Wildman–Crippen MR) is 116 cm³/mol. The van der Waals surface area contributed by atoms with E-state index in [1.807, 2.05) is 35.0 Å². The minimum atomic E-state index is -0.323. The first-order valence-electron chi connectivity index (χ1n) is 9.86. The van der Waals surface area contributed by atoms with Crippen LogP contribution in [0.4, 0.5) is 10.5 Å². The van der Waals surface area contributed by atoms with E-state index in [4.69, 9.17) is 14.2 Å². The molecule has 3 aromatic rings. The maximum Gasteiger partial charge on any atom is 0.319 e. The molecule has 0 saturated heterocycles. The number of benzene rings is 2. The molecule has 0 bridgehead atoms. The highest BCUT2D eigenvalue weighted by atomic mass is 16.7. The largest absolute Gasteiger partial charge is 0.492 e. The van der Waals surface area contributed by atoms with Crippen LogP contribution in [0.2, 0.25) is 0 Å². The minimum Gasteiger partial charge on any atom is -0.492 e. The Kier molecular flexibility index (Phi) is 5.83. The number of aromatic nitrogens is 1. The van der Waals surface area contributed by atoms with Crippen molar-refractivity contribution in [2.24, 2.45) is 0 Å². The van der Waals surface area contributed by atoms with E-state index in [1.165, 1.54) is 0 Å². The van der Waals surface area contributed by atoms with Gasteiger partial charge in [0.1, 0.15) is 18.9 Å². The van der Waals surface area contributed by atoms with E-state index in [0.29, 0.717) is 36.1 Å². The Hall–Kier alpha value is -3.88. The van der Waals surface area contributed by atoms with E-state index in [1.54, 1.807) is 37.2 Å². The molecule has 1 aliphatic heterocycles. The molecule has 0 radical (unpaired) electrons. The number of carbonyl (C=O) groups excluding carboxylic acids is 2. The van der Waals surface area contributed by atoms with Gasteiger partial charge in [0.2, 0.25) is 12.7 Å². The minimum absolute atomic E-state index is 0.0158. The number of nitrogens with zero attached hydrogens (tertiary/aromatic N) is 2. The van der Waals surface area contributed by atoms with Gasteiger partial charge in [-0.2, -0.15) is 0 Å². The molecule has 31 heavy (non-hydrogen) atoms. The van der Waals surface area contributed by atoms with Gasteiger partial charge in [0, 0.05) is 42.9 Å². The third kappa shape index (κ3) is 4.82. The third-order valence-corrected chi connectivity index (χ3v) is 4.83. The van der Waals surface area contributed by atoms with E-state index in [-0.39, 0.29) is 25.3 Å². The quantitative estimate of drug-likeness (QED) is 0.569. The molecule has 9 nitrogen and oxygen atoms in total. The van der Waals surface area contributed by atoms with Crippen molar-refractivity contribution in [3.8, 4) is 17.2 Å². The number of ether oxygens (including phenoxy) is 3. The van der Waals surface area contributed by atoms with E-state index < -0.39 is 0 Å². The summed E-state index contributed by atoms with van der Waals surface area (Å²) in [5, 5.41) is 6.51. The van der Waals surface area contributed by atoms with Crippen LogP contribution in [0, 0.1) is 0 Å². The lowest BCUT2D eigenvalue weighted by Gasteiger charge is -2.12. The molecule has 2 aromatic carbocycles. The number of hydrogen-bond acceptors (Lipinski definition) is 5. The van der Waals surface area contributed by atoms with Gasteiger partial charge in [-0.25, -0.2) is 4.79 Å². The van der Waals surface area contributed by atoms with E-state index in [2.05, 4.69) is 10.6 Å². The Balaban J connectivity index is 1.26. The van der Waals surface area contributed by atoms with Crippen molar-refractivity contribution in [3.05, 3.63) is 48.7 Å². The zero-order chi connectivity index (χ0) is 21.8. The number of rotatable bonds is 7. The molecule has 9 heteroatoms. The monoisotopic (exact) mass is 424 g/mol. The summed E-state index contributed by atoms with van der Waals surface area (Å²) in [5.41, 5.74) is 1.59. The van der Waals surface area contributed by atoms with Crippen molar-refractivity contribution in [2.75, 3.05) is 39.4 Å². The summed E-state index contributed by atoms with van der Waals surface area (Å²) in [6.07, 6.45) is 1.86. The van der Waals surface area contributed by atoms with Crippen molar-refractivity contribution >= 4 is 28.5 Å². The average Bonchev–Trinajstić information content (AvgIpc) is 3.37. The summed E-state index contributed by atoms with van der Waals surface area (Å²) in [6, 6.07) is 12.5. The molecule has 0 saturated carbocycles. The van der Waals surface area contributed by atoms with Crippen molar-refractivity contribution in [1.29, 1.82) is 0 Å². The van der Waals surface area contributed by atoms with Crippen LogP contribution in [-0.2, 0) is 11.3 Å². The number of fused-ring (bicyclic) bond motifs is 2. The summed E-state index contributed by atoms with van der Waals surface area (Å²) < 4.78 is 18.1. The smallest absolute Gasteiger partial charge is 0.319 e. The zero-order valence-corrected chi connectivity index (χ0v) is 17.4. The molecule has 3 amide bonds. The molecule has 162 valence electrons. The van der Waals surface area contributed by atoms with Crippen molar-refractivity contribution in [2.45, 2.75) is 6.54 Å². The van der Waals surface area contributed by atoms with Crippen LogP contribution in [0.5, 0.6) is 17.2 Å². The molecule has 1 aliphatic rings. The Morgan fingerprint density at radius 2 is 1.94 bits per heavy atom. The van der Waals surface area contributed by atoms with Crippen LogP contribution in [0.1, 0.15) is 0 Å². The Morgan fingerprint density at radius 1 is 1.10 bits per heavy atom. The molecule has 0 spiro atoms. The predicted octanol–water partition coefficient (Wildman–Crippen LogP) is 2.66. The second kappa shape index (κ2) is 8.86. The molecular weight excluding hydrogens is 400 g/mol. The Bertz CT molecular complexity index is 1110.